The quantitative estimate of drug-likeness (QED) is 0.652. The molecule has 5 heteroatoms. The smallest absolute Gasteiger partial charge is 0.240 e. The number of sulfonamides is 1. The van der Waals surface area contributed by atoms with Crippen LogP contribution in [0.3, 0.4) is 0 Å². The molecule has 1 aromatic rings. The van der Waals surface area contributed by atoms with Gasteiger partial charge in [-0.05, 0) is 56.0 Å². The van der Waals surface area contributed by atoms with Crippen LogP contribution in [0.1, 0.15) is 38.2 Å². The summed E-state index contributed by atoms with van der Waals surface area (Å²) in [6.45, 7) is 4.65. The summed E-state index contributed by atoms with van der Waals surface area (Å²) in [6, 6.07) is 7.22. The van der Waals surface area contributed by atoms with Crippen molar-refractivity contribution >= 4 is 10.0 Å². The van der Waals surface area contributed by atoms with Crippen molar-refractivity contribution in [3.63, 3.8) is 0 Å². The summed E-state index contributed by atoms with van der Waals surface area (Å²) in [5.74, 6) is 0.741. The summed E-state index contributed by atoms with van der Waals surface area (Å²) in [5, 5.41) is 3.34. The van der Waals surface area contributed by atoms with Crippen molar-refractivity contribution in [2.45, 2.75) is 43.9 Å². The Bertz CT molecular complexity index is 522. The second kappa shape index (κ2) is 7.92. The molecule has 0 spiro atoms. The predicted molar refractivity (Wildman–Crippen MR) is 85.8 cm³/mol. The van der Waals surface area contributed by atoms with Crippen LogP contribution in [0.5, 0.6) is 0 Å². The van der Waals surface area contributed by atoms with Crippen LogP contribution in [0.15, 0.2) is 29.2 Å². The Labute approximate surface area is 128 Å². The van der Waals surface area contributed by atoms with Crippen molar-refractivity contribution in [3.8, 4) is 0 Å². The van der Waals surface area contributed by atoms with E-state index in [1.54, 1.807) is 12.1 Å². The Morgan fingerprint density at radius 1 is 1.10 bits per heavy atom. The van der Waals surface area contributed by atoms with Gasteiger partial charge in [-0.2, -0.15) is 0 Å². The third-order valence-electron chi connectivity index (χ3n) is 3.79. The molecule has 0 unspecified atom stereocenters. The maximum atomic E-state index is 12.1. The summed E-state index contributed by atoms with van der Waals surface area (Å²) >= 11 is 0. The lowest BCUT2D eigenvalue weighted by molar-refractivity contribution is 0.575. The molecule has 0 amide bonds. The zero-order chi connectivity index (χ0) is 15.1. The molecule has 0 radical (unpaired) electrons. The summed E-state index contributed by atoms with van der Waals surface area (Å²) in [7, 11) is -3.34. The predicted octanol–water partition coefficient (Wildman–Crippen LogP) is 2.31. The lowest BCUT2D eigenvalue weighted by Gasteiger charge is -2.08. The van der Waals surface area contributed by atoms with Gasteiger partial charge >= 0.3 is 0 Å². The van der Waals surface area contributed by atoms with Gasteiger partial charge in [0, 0.05) is 6.54 Å². The molecular formula is C16H26N2O2S. The Hall–Kier alpha value is -0.910. The van der Waals surface area contributed by atoms with Crippen molar-refractivity contribution in [2.24, 2.45) is 5.92 Å². The Balaban J connectivity index is 1.81. The summed E-state index contributed by atoms with van der Waals surface area (Å²) in [5.41, 5.74) is 1.16. The minimum atomic E-state index is -3.34. The lowest BCUT2D eigenvalue weighted by atomic mass is 10.1. The van der Waals surface area contributed by atoms with Gasteiger partial charge in [0.2, 0.25) is 10.0 Å². The molecule has 1 saturated carbocycles. The molecular weight excluding hydrogens is 284 g/mol. The molecule has 0 atom stereocenters. The Morgan fingerprint density at radius 2 is 1.81 bits per heavy atom. The second-order valence-electron chi connectivity index (χ2n) is 5.77. The molecule has 4 nitrogen and oxygen atoms in total. The van der Waals surface area contributed by atoms with Gasteiger partial charge < -0.3 is 5.32 Å². The van der Waals surface area contributed by atoms with E-state index in [9.17, 15) is 8.42 Å². The average molecular weight is 310 g/mol. The molecule has 2 N–H and O–H groups in total. The lowest BCUT2D eigenvalue weighted by Crippen LogP contribution is -2.25. The minimum Gasteiger partial charge on any atom is -0.316 e. The number of rotatable bonds is 10. The van der Waals surface area contributed by atoms with Crippen molar-refractivity contribution in [1.82, 2.24) is 10.0 Å². The SMILES string of the molecule is CCCNCCc1ccc(S(=O)(=O)NCCC2CC2)cc1. The van der Waals surface area contributed by atoms with Gasteiger partial charge in [0.15, 0.2) is 0 Å². The number of hydrogen-bond acceptors (Lipinski definition) is 3. The number of benzene rings is 1. The first-order valence-corrected chi connectivity index (χ1v) is 9.39. The molecule has 118 valence electrons. The van der Waals surface area contributed by atoms with Crippen LogP contribution in [-0.4, -0.2) is 28.1 Å². The van der Waals surface area contributed by atoms with Gasteiger partial charge in [0.25, 0.3) is 0 Å². The summed E-state index contributed by atoms with van der Waals surface area (Å²) < 4.78 is 26.9. The third-order valence-corrected chi connectivity index (χ3v) is 5.27. The second-order valence-corrected chi connectivity index (χ2v) is 7.54. The highest BCUT2D eigenvalue weighted by Crippen LogP contribution is 2.31. The first-order valence-electron chi connectivity index (χ1n) is 7.91. The van der Waals surface area contributed by atoms with E-state index in [0.29, 0.717) is 11.4 Å². The van der Waals surface area contributed by atoms with Gasteiger partial charge in [-0.15, -0.1) is 0 Å². The van der Waals surface area contributed by atoms with Crippen LogP contribution in [-0.2, 0) is 16.4 Å². The molecule has 2 rings (SSSR count). The molecule has 0 heterocycles. The van der Waals surface area contributed by atoms with Gasteiger partial charge in [-0.1, -0.05) is 31.9 Å². The number of nitrogens with one attached hydrogen (secondary N) is 2. The summed E-state index contributed by atoms with van der Waals surface area (Å²) in [6.07, 6.45) is 5.52. The molecule has 1 aliphatic carbocycles. The van der Waals surface area contributed by atoms with Crippen LogP contribution >= 0.6 is 0 Å². The van der Waals surface area contributed by atoms with Crippen molar-refractivity contribution in [3.05, 3.63) is 29.8 Å². The van der Waals surface area contributed by atoms with Crippen LogP contribution in [0, 0.1) is 5.92 Å². The monoisotopic (exact) mass is 310 g/mol. The van der Waals surface area contributed by atoms with Crippen LogP contribution in [0.25, 0.3) is 0 Å². The topological polar surface area (TPSA) is 58.2 Å². The molecule has 1 aromatic carbocycles. The van der Waals surface area contributed by atoms with E-state index >= 15 is 0 Å². The third kappa shape index (κ3) is 5.77. The highest BCUT2D eigenvalue weighted by Gasteiger charge is 2.22. The van der Waals surface area contributed by atoms with E-state index in [-0.39, 0.29) is 0 Å². The van der Waals surface area contributed by atoms with E-state index in [2.05, 4.69) is 17.0 Å². The highest BCUT2D eigenvalue weighted by atomic mass is 32.2. The minimum absolute atomic E-state index is 0.364. The molecule has 0 aromatic heterocycles. The largest absolute Gasteiger partial charge is 0.316 e. The maximum absolute atomic E-state index is 12.1. The van der Waals surface area contributed by atoms with Crippen LogP contribution in [0.4, 0.5) is 0 Å². The average Bonchev–Trinajstić information content (AvgIpc) is 3.28. The Kier molecular flexibility index (Phi) is 6.21. The normalized spacial score (nSPS) is 15.3. The fraction of sp³-hybridized carbons (Fsp3) is 0.625. The van der Waals surface area contributed by atoms with Gasteiger partial charge in [0.05, 0.1) is 4.90 Å². The van der Waals surface area contributed by atoms with Gasteiger partial charge in [-0.3, -0.25) is 0 Å². The summed E-state index contributed by atoms with van der Waals surface area (Å²) in [4.78, 5) is 0.364. The van der Waals surface area contributed by atoms with E-state index in [0.717, 1.165) is 43.8 Å². The molecule has 21 heavy (non-hydrogen) atoms. The van der Waals surface area contributed by atoms with E-state index in [1.165, 1.54) is 12.8 Å². The first-order chi connectivity index (χ1) is 10.1. The van der Waals surface area contributed by atoms with E-state index in [4.69, 9.17) is 0 Å². The molecule has 0 aliphatic heterocycles. The van der Waals surface area contributed by atoms with Gasteiger partial charge in [0.1, 0.15) is 0 Å². The van der Waals surface area contributed by atoms with Crippen molar-refractivity contribution < 1.29 is 8.42 Å². The van der Waals surface area contributed by atoms with Crippen LogP contribution in [0.2, 0.25) is 0 Å². The molecule has 1 fully saturated rings. The number of hydrogen-bond donors (Lipinski definition) is 2. The first kappa shape index (κ1) is 16.5. The zero-order valence-electron chi connectivity index (χ0n) is 12.8. The van der Waals surface area contributed by atoms with Gasteiger partial charge in [-0.25, -0.2) is 13.1 Å². The zero-order valence-corrected chi connectivity index (χ0v) is 13.6. The van der Waals surface area contributed by atoms with Crippen molar-refractivity contribution in [2.75, 3.05) is 19.6 Å². The van der Waals surface area contributed by atoms with Crippen molar-refractivity contribution in [1.29, 1.82) is 0 Å². The van der Waals surface area contributed by atoms with E-state index < -0.39 is 10.0 Å². The fourth-order valence-electron chi connectivity index (χ4n) is 2.26. The fourth-order valence-corrected chi connectivity index (χ4v) is 3.30. The molecule has 0 saturated heterocycles. The molecule has 1 aliphatic rings. The molecule has 0 bridgehead atoms. The maximum Gasteiger partial charge on any atom is 0.240 e. The van der Waals surface area contributed by atoms with Crippen LogP contribution < -0.4 is 10.0 Å². The van der Waals surface area contributed by atoms with E-state index in [1.807, 2.05) is 12.1 Å². The standard InChI is InChI=1S/C16H26N2O2S/c1-2-11-17-12-9-15-5-7-16(8-6-15)21(19,20)18-13-10-14-3-4-14/h5-8,14,17-18H,2-4,9-13H2,1H3. The highest BCUT2D eigenvalue weighted by molar-refractivity contribution is 7.89. The Morgan fingerprint density at radius 3 is 2.43 bits per heavy atom.